The number of rotatable bonds is 4. The Morgan fingerprint density at radius 1 is 1.45 bits per heavy atom. The number of carboxylic acid groups (broad SMARTS) is 1. The zero-order chi connectivity index (χ0) is 15.0. The van der Waals surface area contributed by atoms with Crippen molar-refractivity contribution in [1.82, 2.24) is 9.80 Å². The third-order valence-corrected chi connectivity index (χ3v) is 4.58. The zero-order valence-electron chi connectivity index (χ0n) is 12.2. The maximum absolute atomic E-state index is 12.4. The number of imide groups is 1. The molecule has 2 fully saturated rings. The van der Waals surface area contributed by atoms with Gasteiger partial charge in [-0.1, -0.05) is 13.8 Å². The first kappa shape index (κ1) is 15.0. The number of hydrogen-bond acceptors (Lipinski definition) is 4. The van der Waals surface area contributed by atoms with Gasteiger partial charge in [0.25, 0.3) is 0 Å². The van der Waals surface area contributed by atoms with E-state index >= 15 is 0 Å². The SMILES string of the molecule is CCC(C)N1C(=O)CC(N2CCC(C)C2C(=O)O)C1=O. The van der Waals surface area contributed by atoms with Gasteiger partial charge in [0, 0.05) is 12.6 Å². The zero-order valence-corrected chi connectivity index (χ0v) is 12.2. The topological polar surface area (TPSA) is 77.9 Å². The first-order valence-electron chi connectivity index (χ1n) is 7.22. The molecule has 0 aromatic carbocycles. The second-order valence-corrected chi connectivity index (χ2v) is 5.87. The third kappa shape index (κ3) is 2.32. The minimum Gasteiger partial charge on any atom is -0.480 e. The summed E-state index contributed by atoms with van der Waals surface area (Å²) in [6, 6.07) is -1.38. The number of amides is 2. The van der Waals surface area contributed by atoms with Gasteiger partial charge >= 0.3 is 5.97 Å². The highest BCUT2D eigenvalue weighted by atomic mass is 16.4. The molecule has 112 valence electrons. The minimum absolute atomic E-state index is 0.00745. The quantitative estimate of drug-likeness (QED) is 0.768. The molecule has 0 spiro atoms. The first-order chi connectivity index (χ1) is 9.38. The Labute approximate surface area is 118 Å². The summed E-state index contributed by atoms with van der Waals surface area (Å²) in [7, 11) is 0. The normalized spacial score (nSPS) is 33.0. The van der Waals surface area contributed by atoms with Gasteiger partial charge in [-0.2, -0.15) is 0 Å². The Morgan fingerprint density at radius 2 is 2.10 bits per heavy atom. The Kier molecular flexibility index (Phi) is 4.13. The summed E-state index contributed by atoms with van der Waals surface area (Å²) in [5.74, 6) is -1.31. The minimum atomic E-state index is -0.905. The standard InChI is InChI=1S/C14H22N2O4/c1-4-9(3)16-11(17)7-10(13(16)18)15-6-5-8(2)12(15)14(19)20/h8-10,12H,4-7H2,1-3H3,(H,19,20). The van der Waals surface area contributed by atoms with Crippen molar-refractivity contribution in [2.75, 3.05) is 6.54 Å². The van der Waals surface area contributed by atoms with Crippen LogP contribution in [0.3, 0.4) is 0 Å². The molecule has 0 saturated carbocycles. The van der Waals surface area contributed by atoms with E-state index in [4.69, 9.17) is 0 Å². The van der Waals surface area contributed by atoms with Gasteiger partial charge in [0.1, 0.15) is 6.04 Å². The van der Waals surface area contributed by atoms with E-state index in [1.54, 1.807) is 4.90 Å². The lowest BCUT2D eigenvalue weighted by Crippen LogP contribution is -2.49. The lowest BCUT2D eigenvalue weighted by molar-refractivity contribution is -0.146. The van der Waals surface area contributed by atoms with Gasteiger partial charge in [0.05, 0.1) is 12.5 Å². The molecule has 2 aliphatic rings. The highest BCUT2D eigenvalue weighted by Crippen LogP contribution is 2.31. The first-order valence-corrected chi connectivity index (χ1v) is 7.22. The van der Waals surface area contributed by atoms with Crippen LogP contribution >= 0.6 is 0 Å². The molecule has 2 rings (SSSR count). The fraction of sp³-hybridized carbons (Fsp3) is 0.786. The molecule has 4 atom stereocenters. The smallest absolute Gasteiger partial charge is 0.321 e. The molecule has 6 nitrogen and oxygen atoms in total. The summed E-state index contributed by atoms with van der Waals surface area (Å²) in [6.07, 6.45) is 1.57. The van der Waals surface area contributed by atoms with E-state index in [1.807, 2.05) is 20.8 Å². The van der Waals surface area contributed by atoms with Crippen molar-refractivity contribution in [3.05, 3.63) is 0 Å². The number of carbonyl (C=O) groups is 3. The highest BCUT2D eigenvalue weighted by molar-refractivity contribution is 6.06. The second-order valence-electron chi connectivity index (χ2n) is 5.87. The van der Waals surface area contributed by atoms with Gasteiger partial charge in [-0.15, -0.1) is 0 Å². The predicted molar refractivity (Wildman–Crippen MR) is 71.9 cm³/mol. The van der Waals surface area contributed by atoms with Gasteiger partial charge in [-0.05, 0) is 25.7 Å². The van der Waals surface area contributed by atoms with E-state index < -0.39 is 18.1 Å². The van der Waals surface area contributed by atoms with Crippen molar-refractivity contribution in [2.24, 2.45) is 5.92 Å². The maximum Gasteiger partial charge on any atom is 0.321 e. The van der Waals surface area contributed by atoms with E-state index in [0.717, 1.165) is 6.42 Å². The molecule has 4 unspecified atom stereocenters. The van der Waals surface area contributed by atoms with E-state index in [-0.39, 0.29) is 30.2 Å². The van der Waals surface area contributed by atoms with Gasteiger partial charge in [0.2, 0.25) is 11.8 Å². The summed E-state index contributed by atoms with van der Waals surface area (Å²) >= 11 is 0. The highest BCUT2D eigenvalue weighted by Gasteiger charge is 2.49. The van der Waals surface area contributed by atoms with Gasteiger partial charge in [-0.3, -0.25) is 24.2 Å². The molecule has 20 heavy (non-hydrogen) atoms. The van der Waals surface area contributed by atoms with Crippen LogP contribution in [0.5, 0.6) is 0 Å². The van der Waals surface area contributed by atoms with Crippen molar-refractivity contribution in [3.63, 3.8) is 0 Å². The van der Waals surface area contributed by atoms with Crippen molar-refractivity contribution >= 4 is 17.8 Å². The summed E-state index contributed by atoms with van der Waals surface area (Å²) in [5, 5.41) is 9.34. The summed E-state index contributed by atoms with van der Waals surface area (Å²) in [5.41, 5.74) is 0. The van der Waals surface area contributed by atoms with Crippen LogP contribution in [0.1, 0.15) is 40.0 Å². The van der Waals surface area contributed by atoms with Crippen LogP contribution in [0.15, 0.2) is 0 Å². The average molecular weight is 282 g/mol. The molecule has 0 aromatic heterocycles. The molecular weight excluding hydrogens is 260 g/mol. The van der Waals surface area contributed by atoms with Crippen LogP contribution in [0.25, 0.3) is 0 Å². The summed E-state index contributed by atoms with van der Waals surface area (Å²) in [6.45, 7) is 6.22. The number of likely N-dealkylation sites (tertiary alicyclic amines) is 2. The van der Waals surface area contributed by atoms with Crippen LogP contribution in [0, 0.1) is 5.92 Å². The average Bonchev–Trinajstić information content (AvgIpc) is 2.89. The molecule has 0 bridgehead atoms. The van der Waals surface area contributed by atoms with Gasteiger partial charge < -0.3 is 5.11 Å². The van der Waals surface area contributed by atoms with Crippen molar-refractivity contribution < 1.29 is 19.5 Å². The molecule has 2 amide bonds. The number of hydrogen-bond donors (Lipinski definition) is 1. The summed E-state index contributed by atoms with van der Waals surface area (Å²) in [4.78, 5) is 38.9. The lowest BCUT2D eigenvalue weighted by Gasteiger charge is -2.28. The molecule has 2 saturated heterocycles. The molecule has 2 heterocycles. The van der Waals surface area contributed by atoms with E-state index in [1.165, 1.54) is 4.90 Å². The van der Waals surface area contributed by atoms with E-state index in [2.05, 4.69) is 0 Å². The fourth-order valence-corrected chi connectivity index (χ4v) is 3.25. The molecule has 2 aliphatic heterocycles. The Balaban J connectivity index is 2.20. The lowest BCUT2D eigenvalue weighted by atomic mass is 10.0. The Hall–Kier alpha value is -1.43. The molecule has 0 aromatic rings. The van der Waals surface area contributed by atoms with Crippen LogP contribution in [-0.4, -0.2) is 57.4 Å². The van der Waals surface area contributed by atoms with E-state index in [9.17, 15) is 19.5 Å². The van der Waals surface area contributed by atoms with Crippen LogP contribution < -0.4 is 0 Å². The Morgan fingerprint density at radius 3 is 2.65 bits per heavy atom. The maximum atomic E-state index is 12.4. The number of aliphatic carboxylic acids is 1. The largest absolute Gasteiger partial charge is 0.480 e. The Bertz CT molecular complexity index is 437. The summed E-state index contributed by atoms with van der Waals surface area (Å²) < 4.78 is 0. The molecule has 6 heteroatoms. The van der Waals surface area contributed by atoms with Crippen LogP contribution in [0.2, 0.25) is 0 Å². The van der Waals surface area contributed by atoms with Crippen molar-refractivity contribution in [2.45, 2.75) is 58.2 Å². The number of nitrogens with zero attached hydrogens (tertiary/aromatic N) is 2. The molecule has 0 aliphatic carbocycles. The van der Waals surface area contributed by atoms with Crippen molar-refractivity contribution in [1.29, 1.82) is 0 Å². The number of carboxylic acids is 1. The fourth-order valence-electron chi connectivity index (χ4n) is 3.25. The van der Waals surface area contributed by atoms with Gasteiger partial charge in [0.15, 0.2) is 0 Å². The predicted octanol–water partition coefficient (Wildman–Crippen LogP) is 0.707. The molecule has 1 N–H and O–H groups in total. The molecular formula is C14H22N2O4. The molecule has 0 radical (unpaired) electrons. The third-order valence-electron chi connectivity index (χ3n) is 4.58. The second kappa shape index (κ2) is 5.52. The van der Waals surface area contributed by atoms with Crippen LogP contribution in [-0.2, 0) is 14.4 Å². The van der Waals surface area contributed by atoms with Crippen LogP contribution in [0.4, 0.5) is 0 Å². The monoisotopic (exact) mass is 282 g/mol. The number of carbonyl (C=O) groups excluding carboxylic acids is 2. The van der Waals surface area contributed by atoms with Crippen molar-refractivity contribution in [3.8, 4) is 0 Å². The van der Waals surface area contributed by atoms with E-state index in [0.29, 0.717) is 13.0 Å². The van der Waals surface area contributed by atoms with Gasteiger partial charge in [-0.25, -0.2) is 0 Å².